The van der Waals surface area contributed by atoms with Gasteiger partial charge in [0.1, 0.15) is 0 Å². The van der Waals surface area contributed by atoms with E-state index in [0.29, 0.717) is 17.4 Å². The molecule has 1 amide bonds. The maximum atomic E-state index is 12.2. The highest BCUT2D eigenvalue weighted by atomic mass is 16.2. The van der Waals surface area contributed by atoms with E-state index in [0.717, 1.165) is 44.8 Å². The quantitative estimate of drug-likeness (QED) is 0.815. The van der Waals surface area contributed by atoms with Gasteiger partial charge in [-0.15, -0.1) is 0 Å². The number of likely N-dealkylation sites (N-methyl/N-ethyl adjacent to an activating group) is 1. The Balaban J connectivity index is 1.92. The Bertz CT molecular complexity index is 297. The van der Waals surface area contributed by atoms with Crippen molar-refractivity contribution in [2.45, 2.75) is 58.9 Å². The van der Waals surface area contributed by atoms with E-state index in [-0.39, 0.29) is 0 Å². The Hall–Kier alpha value is -0.570. The molecule has 18 heavy (non-hydrogen) atoms. The van der Waals surface area contributed by atoms with Crippen LogP contribution in [-0.2, 0) is 4.79 Å². The van der Waals surface area contributed by atoms with Gasteiger partial charge in [-0.2, -0.15) is 0 Å². The third-order valence-electron chi connectivity index (χ3n) is 4.50. The topological polar surface area (TPSA) is 32.3 Å². The van der Waals surface area contributed by atoms with Crippen LogP contribution in [0.15, 0.2) is 0 Å². The standard InChI is InChI=1S/C15H28N2O/c1-4-16-13(12-5-6-12)11-17-10-9-15(2,3)8-7-14(17)18/h12-13,16H,4-11H2,1-3H3. The van der Waals surface area contributed by atoms with Crippen molar-refractivity contribution < 1.29 is 4.79 Å². The van der Waals surface area contributed by atoms with E-state index in [1.807, 2.05) is 0 Å². The summed E-state index contributed by atoms with van der Waals surface area (Å²) in [5, 5.41) is 3.56. The molecule has 1 N–H and O–H groups in total. The summed E-state index contributed by atoms with van der Waals surface area (Å²) in [4.78, 5) is 14.3. The molecule has 1 aliphatic carbocycles. The van der Waals surface area contributed by atoms with Crippen LogP contribution in [-0.4, -0.2) is 36.5 Å². The van der Waals surface area contributed by atoms with Gasteiger partial charge in [-0.05, 0) is 43.6 Å². The summed E-state index contributed by atoms with van der Waals surface area (Å²) in [7, 11) is 0. The van der Waals surface area contributed by atoms with E-state index in [4.69, 9.17) is 0 Å². The number of hydrogen-bond acceptors (Lipinski definition) is 2. The summed E-state index contributed by atoms with van der Waals surface area (Å²) in [6.07, 6.45) is 5.59. The van der Waals surface area contributed by atoms with Crippen molar-refractivity contribution in [3.63, 3.8) is 0 Å². The van der Waals surface area contributed by atoms with Gasteiger partial charge in [0.25, 0.3) is 0 Å². The molecule has 104 valence electrons. The molecule has 0 bridgehead atoms. The molecule has 1 saturated carbocycles. The molecule has 1 aliphatic heterocycles. The van der Waals surface area contributed by atoms with Crippen molar-refractivity contribution in [2.75, 3.05) is 19.6 Å². The maximum absolute atomic E-state index is 12.2. The first-order chi connectivity index (χ1) is 8.52. The summed E-state index contributed by atoms with van der Waals surface area (Å²) in [6, 6.07) is 0.528. The lowest BCUT2D eigenvalue weighted by molar-refractivity contribution is -0.131. The molecule has 0 aromatic heterocycles. The van der Waals surface area contributed by atoms with Crippen molar-refractivity contribution in [1.82, 2.24) is 10.2 Å². The number of hydrogen-bond donors (Lipinski definition) is 1. The highest BCUT2D eigenvalue weighted by molar-refractivity contribution is 5.76. The minimum atomic E-state index is 0.331. The molecule has 3 nitrogen and oxygen atoms in total. The number of likely N-dealkylation sites (tertiary alicyclic amines) is 1. The highest BCUT2D eigenvalue weighted by Gasteiger charge is 2.34. The van der Waals surface area contributed by atoms with Crippen LogP contribution in [0.5, 0.6) is 0 Å². The lowest BCUT2D eigenvalue weighted by Gasteiger charge is -2.28. The smallest absolute Gasteiger partial charge is 0.222 e. The third-order valence-corrected chi connectivity index (χ3v) is 4.50. The first-order valence-electron chi connectivity index (χ1n) is 7.53. The molecule has 2 aliphatic rings. The average molecular weight is 252 g/mol. The van der Waals surface area contributed by atoms with Crippen LogP contribution in [0.3, 0.4) is 0 Å². The lowest BCUT2D eigenvalue weighted by atomic mass is 9.85. The van der Waals surface area contributed by atoms with E-state index in [9.17, 15) is 4.79 Å². The van der Waals surface area contributed by atoms with Gasteiger partial charge in [0.2, 0.25) is 5.91 Å². The second-order valence-electron chi connectivity index (χ2n) is 6.76. The largest absolute Gasteiger partial charge is 0.341 e. The monoisotopic (exact) mass is 252 g/mol. The first kappa shape index (κ1) is 13.9. The summed E-state index contributed by atoms with van der Waals surface area (Å²) in [5.74, 6) is 1.18. The molecular formula is C15H28N2O. The number of nitrogens with zero attached hydrogens (tertiary/aromatic N) is 1. The van der Waals surface area contributed by atoms with Gasteiger partial charge < -0.3 is 10.2 Å². The zero-order chi connectivity index (χ0) is 13.2. The fourth-order valence-electron chi connectivity index (χ4n) is 2.86. The van der Waals surface area contributed by atoms with Gasteiger partial charge in [-0.25, -0.2) is 0 Å². The predicted octanol–water partition coefficient (Wildman–Crippen LogP) is 2.41. The Morgan fingerprint density at radius 2 is 2.11 bits per heavy atom. The van der Waals surface area contributed by atoms with Crippen LogP contribution in [0.1, 0.15) is 52.9 Å². The molecular weight excluding hydrogens is 224 g/mol. The molecule has 2 fully saturated rings. The van der Waals surface area contributed by atoms with Gasteiger partial charge in [0.05, 0.1) is 0 Å². The Kier molecular flexibility index (Phi) is 4.31. The van der Waals surface area contributed by atoms with Crippen LogP contribution in [0, 0.1) is 11.3 Å². The van der Waals surface area contributed by atoms with Crippen LogP contribution in [0.4, 0.5) is 0 Å². The number of nitrogens with one attached hydrogen (secondary N) is 1. The van der Waals surface area contributed by atoms with E-state index < -0.39 is 0 Å². The van der Waals surface area contributed by atoms with Crippen LogP contribution in [0.2, 0.25) is 0 Å². The van der Waals surface area contributed by atoms with Gasteiger partial charge in [-0.1, -0.05) is 20.8 Å². The summed E-state index contributed by atoms with van der Waals surface area (Å²) < 4.78 is 0. The van der Waals surface area contributed by atoms with Crippen molar-refractivity contribution in [2.24, 2.45) is 11.3 Å². The second kappa shape index (κ2) is 5.60. The molecule has 0 aromatic rings. The minimum absolute atomic E-state index is 0.331. The van der Waals surface area contributed by atoms with E-state index in [1.54, 1.807) is 0 Å². The van der Waals surface area contributed by atoms with E-state index >= 15 is 0 Å². The highest BCUT2D eigenvalue weighted by Crippen LogP contribution is 2.34. The molecule has 2 rings (SSSR count). The first-order valence-corrected chi connectivity index (χ1v) is 7.53. The Morgan fingerprint density at radius 3 is 2.72 bits per heavy atom. The number of amides is 1. The van der Waals surface area contributed by atoms with Gasteiger partial charge in [0.15, 0.2) is 0 Å². The third kappa shape index (κ3) is 3.71. The fraction of sp³-hybridized carbons (Fsp3) is 0.933. The molecule has 1 unspecified atom stereocenters. The molecule has 0 aromatic carbocycles. The number of rotatable bonds is 5. The van der Waals surface area contributed by atoms with Crippen molar-refractivity contribution in [3.8, 4) is 0 Å². The van der Waals surface area contributed by atoms with Gasteiger partial charge in [-0.3, -0.25) is 4.79 Å². The summed E-state index contributed by atoms with van der Waals surface area (Å²) >= 11 is 0. The molecule has 0 spiro atoms. The summed E-state index contributed by atoms with van der Waals surface area (Å²) in [5.41, 5.74) is 0.331. The normalized spacial score (nSPS) is 25.9. The summed E-state index contributed by atoms with van der Waals surface area (Å²) in [6.45, 7) is 9.60. The van der Waals surface area contributed by atoms with Crippen LogP contribution in [0.25, 0.3) is 0 Å². The van der Waals surface area contributed by atoms with E-state index in [1.165, 1.54) is 12.8 Å². The molecule has 0 radical (unpaired) electrons. The number of carbonyl (C=O) groups excluding carboxylic acids is 1. The molecule has 1 heterocycles. The van der Waals surface area contributed by atoms with Crippen molar-refractivity contribution in [1.29, 1.82) is 0 Å². The molecule has 1 saturated heterocycles. The zero-order valence-corrected chi connectivity index (χ0v) is 12.2. The zero-order valence-electron chi connectivity index (χ0n) is 12.2. The van der Waals surface area contributed by atoms with Gasteiger partial charge >= 0.3 is 0 Å². The minimum Gasteiger partial charge on any atom is -0.341 e. The lowest BCUT2D eigenvalue weighted by Crippen LogP contribution is -2.44. The van der Waals surface area contributed by atoms with Crippen LogP contribution >= 0.6 is 0 Å². The van der Waals surface area contributed by atoms with E-state index in [2.05, 4.69) is 31.0 Å². The SMILES string of the molecule is CCNC(CN1CCC(C)(C)CCC1=O)C1CC1. The number of carbonyl (C=O) groups is 1. The Morgan fingerprint density at radius 1 is 1.39 bits per heavy atom. The van der Waals surface area contributed by atoms with Crippen molar-refractivity contribution in [3.05, 3.63) is 0 Å². The maximum Gasteiger partial charge on any atom is 0.222 e. The predicted molar refractivity (Wildman–Crippen MR) is 74.4 cm³/mol. The Labute approximate surface area is 111 Å². The van der Waals surface area contributed by atoms with Crippen LogP contribution < -0.4 is 5.32 Å². The second-order valence-corrected chi connectivity index (χ2v) is 6.76. The average Bonchev–Trinajstić information content (AvgIpc) is 3.13. The van der Waals surface area contributed by atoms with Gasteiger partial charge in [0, 0.05) is 25.6 Å². The molecule has 3 heteroatoms. The fourth-order valence-corrected chi connectivity index (χ4v) is 2.86. The van der Waals surface area contributed by atoms with Crippen molar-refractivity contribution >= 4 is 5.91 Å². The molecule has 1 atom stereocenters.